The Hall–Kier alpha value is -2.65. The maximum Gasteiger partial charge on any atom is 0.407 e. The maximum atomic E-state index is 14.6. The van der Waals surface area contributed by atoms with Crippen LogP contribution in [0.4, 0.5) is 9.18 Å². The first kappa shape index (κ1) is 21.1. The summed E-state index contributed by atoms with van der Waals surface area (Å²) in [6, 6.07) is 10.3. The summed E-state index contributed by atoms with van der Waals surface area (Å²) < 4.78 is 26.5. The zero-order valence-electron chi connectivity index (χ0n) is 15.8. The molecule has 154 valence electrons. The second-order valence-corrected chi connectivity index (χ2v) is 7.34. The molecule has 1 aromatic heterocycles. The molecule has 9 heteroatoms. The highest BCUT2D eigenvalue weighted by atomic mass is 79.9. The summed E-state index contributed by atoms with van der Waals surface area (Å²) in [4.78, 5) is 11.9. The highest BCUT2D eigenvalue weighted by Gasteiger charge is 2.13. The molecule has 0 atom stereocenters. The van der Waals surface area contributed by atoms with Crippen LogP contribution in [0.15, 0.2) is 40.9 Å². The van der Waals surface area contributed by atoms with Gasteiger partial charge in [0.2, 0.25) is 0 Å². The molecule has 2 aromatic carbocycles. The van der Waals surface area contributed by atoms with Crippen LogP contribution < -0.4 is 4.74 Å². The summed E-state index contributed by atoms with van der Waals surface area (Å²) in [5.41, 5.74) is 1.76. The summed E-state index contributed by atoms with van der Waals surface area (Å²) >= 11 is 3.40. The number of aromatic nitrogens is 2. The first-order valence-electron chi connectivity index (χ1n) is 9.04. The molecule has 0 saturated heterocycles. The van der Waals surface area contributed by atoms with Gasteiger partial charge in [-0.05, 0) is 36.8 Å². The summed E-state index contributed by atoms with van der Waals surface area (Å²) in [7, 11) is 1.51. The number of nitrogens with zero attached hydrogens (tertiary/aromatic N) is 2. The van der Waals surface area contributed by atoms with E-state index in [2.05, 4.69) is 26.1 Å². The Labute approximate surface area is 175 Å². The summed E-state index contributed by atoms with van der Waals surface area (Å²) in [5.74, 6) is -0.0144. The predicted octanol–water partition coefficient (Wildman–Crippen LogP) is 4.53. The number of carbonyl (C=O) groups is 1. The predicted molar refractivity (Wildman–Crippen MR) is 111 cm³/mol. The number of fused-ring (bicyclic) bond motifs is 1. The number of aromatic amines is 1. The van der Waals surface area contributed by atoms with Crippen LogP contribution in [0.1, 0.15) is 6.42 Å². The number of benzene rings is 2. The van der Waals surface area contributed by atoms with Gasteiger partial charge in [0.05, 0.1) is 12.1 Å². The number of ether oxygens (including phenoxy) is 2. The van der Waals surface area contributed by atoms with Crippen LogP contribution in [0.5, 0.6) is 5.75 Å². The minimum Gasteiger partial charge on any atom is -0.491 e. The van der Waals surface area contributed by atoms with Crippen LogP contribution in [0.2, 0.25) is 0 Å². The molecule has 0 spiro atoms. The van der Waals surface area contributed by atoms with Crippen molar-refractivity contribution >= 4 is 32.9 Å². The molecule has 0 aliphatic carbocycles. The number of hydrogen-bond donors (Lipinski definition) is 2. The van der Waals surface area contributed by atoms with Crippen molar-refractivity contribution in [2.75, 3.05) is 33.4 Å². The number of carboxylic acid groups (broad SMARTS) is 1. The number of H-pyrrole nitrogens is 1. The molecular formula is C20H21BrFN3O4. The second-order valence-electron chi connectivity index (χ2n) is 6.42. The molecular weight excluding hydrogens is 445 g/mol. The van der Waals surface area contributed by atoms with Gasteiger partial charge in [0.1, 0.15) is 23.9 Å². The molecule has 0 saturated carbocycles. The highest BCUT2D eigenvalue weighted by molar-refractivity contribution is 9.10. The van der Waals surface area contributed by atoms with Crippen molar-refractivity contribution in [1.29, 1.82) is 0 Å². The van der Waals surface area contributed by atoms with E-state index >= 15 is 0 Å². The van der Waals surface area contributed by atoms with Crippen molar-refractivity contribution < 1.29 is 23.8 Å². The van der Waals surface area contributed by atoms with E-state index in [0.29, 0.717) is 43.2 Å². The first-order valence-corrected chi connectivity index (χ1v) is 9.83. The van der Waals surface area contributed by atoms with Crippen LogP contribution in [0, 0.1) is 5.82 Å². The third-order valence-electron chi connectivity index (χ3n) is 4.33. The Morgan fingerprint density at radius 1 is 1.24 bits per heavy atom. The molecule has 1 amide bonds. The SMILES string of the molecule is CN(CCCOCCOc1ccc(-c2n[nH]c3cc(Br)ccc23)c(F)c1)C(=O)O. The largest absolute Gasteiger partial charge is 0.491 e. The van der Waals surface area contributed by atoms with Gasteiger partial charge >= 0.3 is 6.09 Å². The minimum atomic E-state index is -0.963. The first-order chi connectivity index (χ1) is 14.0. The van der Waals surface area contributed by atoms with Crippen molar-refractivity contribution in [2.45, 2.75) is 6.42 Å². The molecule has 2 N–H and O–H groups in total. The average Bonchev–Trinajstić information content (AvgIpc) is 3.09. The fourth-order valence-corrected chi connectivity index (χ4v) is 3.16. The molecule has 7 nitrogen and oxygen atoms in total. The number of halogens is 2. The lowest BCUT2D eigenvalue weighted by molar-refractivity contribution is 0.0918. The van der Waals surface area contributed by atoms with E-state index in [1.165, 1.54) is 18.0 Å². The lowest BCUT2D eigenvalue weighted by Gasteiger charge is -2.12. The number of amides is 1. The fraction of sp³-hybridized carbons (Fsp3) is 0.300. The van der Waals surface area contributed by atoms with Crippen LogP contribution in [-0.2, 0) is 4.74 Å². The summed E-state index contributed by atoms with van der Waals surface area (Å²) in [6.07, 6.45) is -0.366. The monoisotopic (exact) mass is 465 g/mol. The van der Waals surface area contributed by atoms with Gasteiger partial charge in [-0.3, -0.25) is 5.10 Å². The quantitative estimate of drug-likeness (QED) is 0.453. The zero-order chi connectivity index (χ0) is 20.8. The molecule has 0 radical (unpaired) electrons. The second kappa shape index (κ2) is 9.71. The zero-order valence-corrected chi connectivity index (χ0v) is 17.4. The van der Waals surface area contributed by atoms with Gasteiger partial charge in [-0.25, -0.2) is 9.18 Å². The van der Waals surface area contributed by atoms with Gasteiger partial charge in [-0.15, -0.1) is 0 Å². The van der Waals surface area contributed by atoms with Gasteiger partial charge < -0.3 is 19.5 Å². The van der Waals surface area contributed by atoms with Crippen molar-refractivity contribution in [2.24, 2.45) is 0 Å². The van der Waals surface area contributed by atoms with Gasteiger partial charge in [-0.1, -0.05) is 15.9 Å². The normalized spacial score (nSPS) is 11.0. The van der Waals surface area contributed by atoms with Crippen molar-refractivity contribution in [3.05, 3.63) is 46.7 Å². The third kappa shape index (κ3) is 5.45. The lowest BCUT2D eigenvalue weighted by Crippen LogP contribution is -2.26. The molecule has 3 aromatic rings. The molecule has 0 bridgehead atoms. The summed E-state index contributed by atoms with van der Waals surface area (Å²) in [6.45, 7) is 1.43. The number of hydrogen-bond acceptors (Lipinski definition) is 4. The Kier molecular flexibility index (Phi) is 7.05. The third-order valence-corrected chi connectivity index (χ3v) is 4.82. The van der Waals surface area contributed by atoms with Crippen LogP contribution in [0.3, 0.4) is 0 Å². The van der Waals surface area contributed by atoms with E-state index in [4.69, 9.17) is 14.6 Å². The van der Waals surface area contributed by atoms with Crippen molar-refractivity contribution in [3.63, 3.8) is 0 Å². The maximum absolute atomic E-state index is 14.6. The van der Waals surface area contributed by atoms with E-state index in [1.807, 2.05) is 18.2 Å². The van der Waals surface area contributed by atoms with Crippen LogP contribution in [0.25, 0.3) is 22.2 Å². The van der Waals surface area contributed by atoms with Gasteiger partial charge in [0, 0.05) is 41.7 Å². The minimum absolute atomic E-state index is 0.271. The topological polar surface area (TPSA) is 87.7 Å². The smallest absolute Gasteiger partial charge is 0.407 e. The highest BCUT2D eigenvalue weighted by Crippen LogP contribution is 2.31. The molecule has 0 aliphatic rings. The molecule has 29 heavy (non-hydrogen) atoms. The Morgan fingerprint density at radius 3 is 2.83 bits per heavy atom. The van der Waals surface area contributed by atoms with E-state index in [1.54, 1.807) is 12.1 Å². The fourth-order valence-electron chi connectivity index (χ4n) is 2.79. The van der Waals surface area contributed by atoms with Crippen molar-refractivity contribution in [3.8, 4) is 17.0 Å². The van der Waals surface area contributed by atoms with Crippen molar-refractivity contribution in [1.82, 2.24) is 15.1 Å². The Balaban J connectivity index is 1.50. The molecule has 0 aliphatic heterocycles. The van der Waals surface area contributed by atoms with Gasteiger partial charge in [-0.2, -0.15) is 5.10 Å². The standard InChI is InChI=1S/C20H21BrFN3O4/c1-25(20(26)27)7-2-8-28-9-10-29-14-4-6-15(17(22)12-14)19-16-5-3-13(21)11-18(16)23-24-19/h3-6,11-12H,2,7-10H2,1H3,(H,23,24)(H,26,27). The summed E-state index contributed by atoms with van der Waals surface area (Å²) in [5, 5.41) is 16.7. The van der Waals surface area contributed by atoms with E-state index in [9.17, 15) is 9.18 Å². The van der Waals surface area contributed by atoms with Crippen LogP contribution in [-0.4, -0.2) is 59.7 Å². The van der Waals surface area contributed by atoms with E-state index in [-0.39, 0.29) is 6.61 Å². The lowest BCUT2D eigenvalue weighted by atomic mass is 10.1. The molecule has 1 heterocycles. The number of nitrogens with one attached hydrogen (secondary N) is 1. The molecule has 3 rings (SSSR count). The Bertz CT molecular complexity index is 995. The Morgan fingerprint density at radius 2 is 2.07 bits per heavy atom. The van der Waals surface area contributed by atoms with Crippen LogP contribution >= 0.6 is 15.9 Å². The molecule has 0 fully saturated rings. The van der Waals surface area contributed by atoms with E-state index in [0.717, 1.165) is 15.4 Å². The van der Waals surface area contributed by atoms with Gasteiger partial charge in [0.25, 0.3) is 0 Å². The van der Waals surface area contributed by atoms with Gasteiger partial charge in [0.15, 0.2) is 0 Å². The van der Waals surface area contributed by atoms with E-state index < -0.39 is 11.9 Å². The molecule has 0 unspecified atom stereocenters. The number of rotatable bonds is 9. The average molecular weight is 466 g/mol.